The fourth-order valence-corrected chi connectivity index (χ4v) is 4.08. The van der Waals surface area contributed by atoms with E-state index in [9.17, 15) is 4.79 Å². The molecule has 0 fully saturated rings. The van der Waals surface area contributed by atoms with Gasteiger partial charge < -0.3 is 9.88 Å². The molecule has 4 rings (SSSR count). The van der Waals surface area contributed by atoms with Gasteiger partial charge in [-0.2, -0.15) is 0 Å². The van der Waals surface area contributed by atoms with E-state index < -0.39 is 0 Å². The van der Waals surface area contributed by atoms with Gasteiger partial charge in [-0.3, -0.25) is 4.79 Å². The number of para-hydroxylation sites is 2. The van der Waals surface area contributed by atoms with Gasteiger partial charge in [0.15, 0.2) is 0 Å². The molecule has 0 atom stereocenters. The molecule has 1 N–H and O–H groups in total. The number of nitrogens with zero attached hydrogens (tertiary/aromatic N) is 2. The molecule has 164 valence electrons. The van der Waals surface area contributed by atoms with Crippen molar-refractivity contribution < 1.29 is 4.79 Å². The number of amides is 1. The Kier molecular flexibility index (Phi) is 7.23. The lowest BCUT2D eigenvalue weighted by atomic mass is 10.1. The van der Waals surface area contributed by atoms with Gasteiger partial charge in [0.05, 0.1) is 11.0 Å². The van der Waals surface area contributed by atoms with Crippen LogP contribution in [0.25, 0.3) is 11.0 Å². The van der Waals surface area contributed by atoms with Crippen LogP contribution in [0.2, 0.25) is 5.02 Å². The molecule has 0 aliphatic rings. The Balaban J connectivity index is 1.32. The molecule has 1 amide bonds. The number of fused-ring (bicyclic) bond motifs is 1. The number of imidazole rings is 1. The number of unbranched alkanes of at least 4 members (excludes halogenated alkanes) is 2. The fraction of sp³-hybridized carbons (Fsp3) is 0.259. The first-order valence-corrected chi connectivity index (χ1v) is 11.5. The molecule has 0 radical (unpaired) electrons. The molecule has 0 bridgehead atoms. The van der Waals surface area contributed by atoms with Gasteiger partial charge in [-0.05, 0) is 55.7 Å². The topological polar surface area (TPSA) is 46.9 Å². The van der Waals surface area contributed by atoms with Gasteiger partial charge in [0.1, 0.15) is 5.82 Å². The number of hydrogen-bond acceptors (Lipinski definition) is 2. The second-order valence-corrected chi connectivity index (χ2v) is 8.60. The number of carbonyl (C=O) groups excluding carboxylic acids is 1. The van der Waals surface area contributed by atoms with Crippen LogP contribution in [-0.4, -0.2) is 22.0 Å². The summed E-state index contributed by atoms with van der Waals surface area (Å²) in [5, 5.41) is 3.55. The highest BCUT2D eigenvalue weighted by Gasteiger charge is 2.11. The zero-order valence-corrected chi connectivity index (χ0v) is 19.1. The second-order valence-electron chi connectivity index (χ2n) is 8.17. The number of nitrogens with one attached hydrogen (secondary N) is 1. The quantitative estimate of drug-likeness (QED) is 0.312. The standard InChI is InChI=1S/C27H28ClN3O/c1-20-13-15-21(16-14-20)19-31-25-11-5-4-10-24(25)30-26(31)12-3-2-6-17-29-27(32)22-8-7-9-23(28)18-22/h4-5,7-11,13-16,18H,2-3,6,12,17,19H2,1H3,(H,29,32). The first kappa shape index (κ1) is 22.1. The Morgan fingerprint density at radius 2 is 1.78 bits per heavy atom. The van der Waals surface area contributed by atoms with Crippen molar-refractivity contribution in [2.24, 2.45) is 0 Å². The van der Waals surface area contributed by atoms with Crippen molar-refractivity contribution in [2.75, 3.05) is 6.54 Å². The molecule has 0 aliphatic carbocycles. The van der Waals surface area contributed by atoms with Crippen LogP contribution in [0.1, 0.15) is 46.6 Å². The van der Waals surface area contributed by atoms with Gasteiger partial charge in [0.2, 0.25) is 0 Å². The molecule has 3 aromatic carbocycles. The predicted octanol–water partition coefficient (Wildman–Crippen LogP) is 6.19. The largest absolute Gasteiger partial charge is 0.352 e. The van der Waals surface area contributed by atoms with Crippen LogP contribution in [0.15, 0.2) is 72.8 Å². The third-order valence-corrected chi connectivity index (χ3v) is 5.88. The Hall–Kier alpha value is -3.11. The summed E-state index contributed by atoms with van der Waals surface area (Å²) in [6.07, 6.45) is 3.92. The van der Waals surface area contributed by atoms with Crippen molar-refractivity contribution in [3.63, 3.8) is 0 Å². The molecule has 0 saturated carbocycles. The van der Waals surface area contributed by atoms with Gasteiger partial charge in [-0.1, -0.05) is 66.0 Å². The Labute approximate surface area is 194 Å². The van der Waals surface area contributed by atoms with Crippen LogP contribution < -0.4 is 5.32 Å². The maximum absolute atomic E-state index is 12.2. The maximum Gasteiger partial charge on any atom is 0.251 e. The summed E-state index contributed by atoms with van der Waals surface area (Å²) in [6.45, 7) is 3.59. The van der Waals surface area contributed by atoms with E-state index in [-0.39, 0.29) is 5.91 Å². The molecule has 0 aliphatic heterocycles. The van der Waals surface area contributed by atoms with Gasteiger partial charge in [-0.25, -0.2) is 4.98 Å². The SMILES string of the molecule is Cc1ccc(Cn2c(CCCCCNC(=O)c3cccc(Cl)c3)nc3ccccc32)cc1. The highest BCUT2D eigenvalue weighted by Crippen LogP contribution is 2.20. The number of halogens is 1. The summed E-state index contributed by atoms with van der Waals surface area (Å²) in [7, 11) is 0. The summed E-state index contributed by atoms with van der Waals surface area (Å²) in [5.41, 5.74) is 5.37. The predicted molar refractivity (Wildman–Crippen MR) is 131 cm³/mol. The van der Waals surface area contributed by atoms with E-state index in [0.29, 0.717) is 17.1 Å². The maximum atomic E-state index is 12.2. The average molecular weight is 446 g/mol. The fourth-order valence-electron chi connectivity index (χ4n) is 3.89. The van der Waals surface area contributed by atoms with Crippen molar-refractivity contribution >= 4 is 28.5 Å². The van der Waals surface area contributed by atoms with Gasteiger partial charge >= 0.3 is 0 Å². The first-order valence-electron chi connectivity index (χ1n) is 11.1. The van der Waals surface area contributed by atoms with Crippen molar-refractivity contribution in [3.8, 4) is 0 Å². The molecule has 5 heteroatoms. The van der Waals surface area contributed by atoms with Crippen LogP contribution in [0.4, 0.5) is 0 Å². The summed E-state index contributed by atoms with van der Waals surface area (Å²) < 4.78 is 2.33. The highest BCUT2D eigenvalue weighted by molar-refractivity contribution is 6.30. The van der Waals surface area contributed by atoms with E-state index in [2.05, 4.69) is 59.3 Å². The zero-order chi connectivity index (χ0) is 22.3. The number of carbonyl (C=O) groups is 1. The van der Waals surface area contributed by atoms with Gasteiger partial charge in [-0.15, -0.1) is 0 Å². The highest BCUT2D eigenvalue weighted by atomic mass is 35.5. The number of hydrogen-bond donors (Lipinski definition) is 1. The third-order valence-electron chi connectivity index (χ3n) is 5.64. The number of aromatic nitrogens is 2. The van der Waals surface area contributed by atoms with Crippen LogP contribution in [0.3, 0.4) is 0 Å². The van der Waals surface area contributed by atoms with Gasteiger partial charge in [0, 0.05) is 30.1 Å². The summed E-state index contributed by atoms with van der Waals surface area (Å²) in [6, 6.07) is 24.1. The number of rotatable bonds is 9. The van der Waals surface area contributed by atoms with Crippen molar-refractivity contribution in [1.82, 2.24) is 14.9 Å². The van der Waals surface area contributed by atoms with Gasteiger partial charge in [0.25, 0.3) is 5.91 Å². The van der Waals surface area contributed by atoms with Crippen LogP contribution in [0, 0.1) is 6.92 Å². The lowest BCUT2D eigenvalue weighted by Gasteiger charge is -2.10. The van der Waals surface area contributed by atoms with E-state index >= 15 is 0 Å². The molecule has 4 nitrogen and oxygen atoms in total. The van der Waals surface area contributed by atoms with Crippen molar-refractivity contribution in [1.29, 1.82) is 0 Å². The molecule has 1 heterocycles. The molecule has 0 unspecified atom stereocenters. The molecule has 0 saturated heterocycles. The smallest absolute Gasteiger partial charge is 0.251 e. The Morgan fingerprint density at radius 3 is 2.59 bits per heavy atom. The third kappa shape index (κ3) is 5.57. The minimum atomic E-state index is -0.0765. The normalized spacial score (nSPS) is 11.1. The first-order chi connectivity index (χ1) is 15.6. The van der Waals surface area contributed by atoms with Crippen LogP contribution in [0.5, 0.6) is 0 Å². The number of aryl methyl sites for hydroxylation is 2. The summed E-state index contributed by atoms with van der Waals surface area (Å²) >= 11 is 5.96. The Morgan fingerprint density at radius 1 is 0.969 bits per heavy atom. The van der Waals surface area contributed by atoms with Crippen molar-refractivity contribution in [3.05, 3.63) is 100 Å². The molecular weight excluding hydrogens is 418 g/mol. The van der Waals surface area contributed by atoms with Crippen LogP contribution in [-0.2, 0) is 13.0 Å². The lowest BCUT2D eigenvalue weighted by Crippen LogP contribution is -2.24. The molecule has 32 heavy (non-hydrogen) atoms. The van der Waals surface area contributed by atoms with E-state index in [1.54, 1.807) is 24.3 Å². The molecule has 1 aromatic heterocycles. The van der Waals surface area contributed by atoms with E-state index in [4.69, 9.17) is 16.6 Å². The van der Waals surface area contributed by atoms with E-state index in [1.807, 2.05) is 6.07 Å². The lowest BCUT2D eigenvalue weighted by molar-refractivity contribution is 0.0953. The molecular formula is C27H28ClN3O. The minimum Gasteiger partial charge on any atom is -0.352 e. The van der Waals surface area contributed by atoms with Crippen molar-refractivity contribution in [2.45, 2.75) is 39.2 Å². The monoisotopic (exact) mass is 445 g/mol. The molecule has 4 aromatic rings. The average Bonchev–Trinajstić information content (AvgIpc) is 3.14. The molecule has 0 spiro atoms. The van der Waals surface area contributed by atoms with E-state index in [0.717, 1.165) is 43.6 Å². The van der Waals surface area contributed by atoms with E-state index in [1.165, 1.54) is 16.6 Å². The minimum absolute atomic E-state index is 0.0765. The zero-order valence-electron chi connectivity index (χ0n) is 18.4. The Bertz CT molecular complexity index is 1200. The summed E-state index contributed by atoms with van der Waals surface area (Å²) in [5.74, 6) is 1.04. The van der Waals surface area contributed by atoms with Crippen LogP contribution >= 0.6 is 11.6 Å². The number of benzene rings is 3. The second kappa shape index (κ2) is 10.5. The summed E-state index contributed by atoms with van der Waals surface area (Å²) in [4.78, 5) is 17.1.